The molecule has 1 N–H and O–H groups in total. The number of hydrogen-bond donors (Lipinski definition) is 1. The van der Waals surface area contributed by atoms with Gasteiger partial charge in [0.1, 0.15) is 11.0 Å². The number of fused-ring (bicyclic) bond motifs is 1. The third-order valence-corrected chi connectivity index (χ3v) is 7.14. The van der Waals surface area contributed by atoms with Gasteiger partial charge in [-0.2, -0.15) is 18.3 Å². The Balaban J connectivity index is 1.91. The summed E-state index contributed by atoms with van der Waals surface area (Å²) in [5.41, 5.74) is 0.344. The summed E-state index contributed by atoms with van der Waals surface area (Å²) in [5, 5.41) is 6.68. The van der Waals surface area contributed by atoms with Crippen LogP contribution in [0.3, 0.4) is 0 Å². The van der Waals surface area contributed by atoms with E-state index < -0.39 is 29.8 Å². The molecule has 1 atom stereocenters. The van der Waals surface area contributed by atoms with E-state index in [0.717, 1.165) is 40.8 Å². The highest BCUT2D eigenvalue weighted by molar-refractivity contribution is 9.10. The monoisotopic (exact) mass is 507 g/mol. The number of amides is 1. The van der Waals surface area contributed by atoms with Gasteiger partial charge < -0.3 is 10.1 Å². The molecule has 0 aromatic carbocycles. The summed E-state index contributed by atoms with van der Waals surface area (Å²) in [7, 11) is 0. The number of alkyl halides is 3. The zero-order chi connectivity index (χ0) is 22.2. The highest BCUT2D eigenvalue weighted by atomic mass is 79.9. The molecule has 3 rings (SSSR count). The second-order valence-corrected chi connectivity index (χ2v) is 8.89. The average Bonchev–Trinajstić information content (AvgIpc) is 3.18. The molecule has 164 valence electrons. The van der Waals surface area contributed by atoms with Crippen LogP contribution in [0.5, 0.6) is 0 Å². The summed E-state index contributed by atoms with van der Waals surface area (Å²) in [4.78, 5) is 26.4. The molecule has 2 heterocycles. The molecule has 30 heavy (non-hydrogen) atoms. The normalized spacial score (nSPS) is 14.9. The Bertz CT molecular complexity index is 984. The van der Waals surface area contributed by atoms with Gasteiger partial charge in [0, 0.05) is 4.88 Å². The minimum atomic E-state index is -4.64. The number of thiophene rings is 1. The van der Waals surface area contributed by atoms with Gasteiger partial charge in [0.15, 0.2) is 5.69 Å². The fourth-order valence-corrected chi connectivity index (χ4v) is 5.22. The van der Waals surface area contributed by atoms with Gasteiger partial charge >= 0.3 is 12.1 Å². The summed E-state index contributed by atoms with van der Waals surface area (Å²) in [6.45, 7) is 4.81. The van der Waals surface area contributed by atoms with E-state index in [1.165, 1.54) is 25.2 Å². The van der Waals surface area contributed by atoms with Gasteiger partial charge in [-0.3, -0.25) is 9.48 Å². The van der Waals surface area contributed by atoms with Crippen molar-refractivity contribution in [2.24, 2.45) is 0 Å². The lowest BCUT2D eigenvalue weighted by molar-refractivity contribution is -0.142. The van der Waals surface area contributed by atoms with Crippen LogP contribution in [0.1, 0.15) is 64.9 Å². The minimum absolute atomic E-state index is 0.182. The second-order valence-electron chi connectivity index (χ2n) is 6.99. The number of ether oxygens (including phenoxy) is 1. The maximum absolute atomic E-state index is 13.1. The summed E-state index contributed by atoms with van der Waals surface area (Å²) in [6, 6.07) is -1.02. The first-order chi connectivity index (χ1) is 14.1. The molecule has 2 aromatic rings. The molecule has 0 spiro atoms. The summed E-state index contributed by atoms with van der Waals surface area (Å²) >= 11 is 4.24. The predicted molar refractivity (Wildman–Crippen MR) is 110 cm³/mol. The molecule has 0 bridgehead atoms. The Labute approximate surface area is 183 Å². The average molecular weight is 508 g/mol. The quantitative estimate of drug-likeness (QED) is 0.558. The Hall–Kier alpha value is -1.88. The summed E-state index contributed by atoms with van der Waals surface area (Å²) in [5.74, 6) is -1.07. The van der Waals surface area contributed by atoms with E-state index in [0.29, 0.717) is 10.6 Å². The first-order valence-corrected chi connectivity index (χ1v) is 11.1. The van der Waals surface area contributed by atoms with Gasteiger partial charge in [-0.05, 0) is 67.9 Å². The van der Waals surface area contributed by atoms with Crippen LogP contribution in [0.4, 0.5) is 18.2 Å². The van der Waals surface area contributed by atoms with Crippen LogP contribution in [0.25, 0.3) is 0 Å². The van der Waals surface area contributed by atoms with Crippen molar-refractivity contribution in [1.29, 1.82) is 0 Å². The van der Waals surface area contributed by atoms with Crippen LogP contribution in [-0.2, 0) is 28.5 Å². The van der Waals surface area contributed by atoms with E-state index in [1.807, 2.05) is 0 Å². The van der Waals surface area contributed by atoms with E-state index in [-0.39, 0.29) is 16.8 Å². The van der Waals surface area contributed by atoms with Crippen molar-refractivity contribution in [3.63, 3.8) is 0 Å². The predicted octanol–water partition coefficient (Wildman–Crippen LogP) is 5.29. The molecule has 11 heteroatoms. The molecule has 0 radical (unpaired) electrons. The first kappa shape index (κ1) is 22.8. The molecule has 1 unspecified atom stereocenters. The second kappa shape index (κ2) is 8.70. The number of carbonyl (C=O) groups is 2. The molecule has 0 aliphatic heterocycles. The standard InChI is InChI=1S/C19H21BrF3N3O3S/c1-4-29-18(28)13-11-7-5-6-8-12(11)30-17(13)24-16(27)10(3)26-9(2)14(20)15(25-26)19(21,22)23/h10H,4-8H2,1-3H3,(H,24,27). The third-order valence-electron chi connectivity index (χ3n) is 4.98. The van der Waals surface area contributed by atoms with Crippen molar-refractivity contribution in [1.82, 2.24) is 9.78 Å². The molecule has 0 fully saturated rings. The van der Waals surface area contributed by atoms with Crippen LogP contribution in [0.2, 0.25) is 0 Å². The fourth-order valence-electron chi connectivity index (χ4n) is 3.46. The third kappa shape index (κ3) is 4.27. The van der Waals surface area contributed by atoms with E-state index >= 15 is 0 Å². The summed E-state index contributed by atoms with van der Waals surface area (Å²) < 4.78 is 45.4. The van der Waals surface area contributed by atoms with Crippen molar-refractivity contribution in [2.75, 3.05) is 11.9 Å². The van der Waals surface area contributed by atoms with Crippen molar-refractivity contribution in [3.8, 4) is 0 Å². The fraction of sp³-hybridized carbons (Fsp3) is 0.526. The Kier molecular flexibility index (Phi) is 6.61. The maximum Gasteiger partial charge on any atom is 0.436 e. The summed E-state index contributed by atoms with van der Waals surface area (Å²) in [6.07, 6.45) is -1.15. The number of aryl methyl sites for hydroxylation is 1. The Morgan fingerprint density at radius 2 is 2.00 bits per heavy atom. The number of nitrogens with zero attached hydrogens (tertiary/aromatic N) is 2. The van der Waals surface area contributed by atoms with Crippen molar-refractivity contribution in [3.05, 3.63) is 31.9 Å². The number of halogens is 4. The van der Waals surface area contributed by atoms with Gasteiger partial charge in [0.2, 0.25) is 5.91 Å². The lowest BCUT2D eigenvalue weighted by Crippen LogP contribution is -2.26. The molecular weight excluding hydrogens is 487 g/mol. The number of anilines is 1. The molecule has 1 aliphatic rings. The largest absolute Gasteiger partial charge is 0.462 e. The van der Waals surface area contributed by atoms with E-state index in [9.17, 15) is 22.8 Å². The molecule has 2 aromatic heterocycles. The number of rotatable bonds is 5. The molecule has 1 aliphatic carbocycles. The zero-order valence-corrected chi connectivity index (χ0v) is 19.1. The van der Waals surface area contributed by atoms with Crippen molar-refractivity contribution < 1.29 is 27.5 Å². The van der Waals surface area contributed by atoms with Gasteiger partial charge in [0.05, 0.1) is 22.3 Å². The lowest BCUT2D eigenvalue weighted by atomic mass is 9.95. The minimum Gasteiger partial charge on any atom is -0.462 e. The Morgan fingerprint density at radius 1 is 1.33 bits per heavy atom. The molecule has 0 saturated heterocycles. The Morgan fingerprint density at radius 3 is 2.60 bits per heavy atom. The van der Waals surface area contributed by atoms with Crippen LogP contribution in [0, 0.1) is 6.92 Å². The van der Waals surface area contributed by atoms with E-state index in [2.05, 4.69) is 26.3 Å². The number of aromatic nitrogens is 2. The van der Waals surface area contributed by atoms with Gasteiger partial charge in [0.25, 0.3) is 0 Å². The highest BCUT2D eigenvalue weighted by Crippen LogP contribution is 2.40. The van der Waals surface area contributed by atoms with E-state index in [1.54, 1.807) is 6.92 Å². The van der Waals surface area contributed by atoms with Crippen molar-refractivity contribution in [2.45, 2.75) is 58.7 Å². The zero-order valence-electron chi connectivity index (χ0n) is 16.7. The maximum atomic E-state index is 13.1. The SMILES string of the molecule is CCOC(=O)c1c(NC(=O)C(C)n2nc(C(F)(F)F)c(Br)c2C)sc2c1CCCC2. The van der Waals surface area contributed by atoms with Crippen LogP contribution in [0.15, 0.2) is 4.47 Å². The number of esters is 1. The van der Waals surface area contributed by atoms with Gasteiger partial charge in [-0.25, -0.2) is 4.79 Å². The van der Waals surface area contributed by atoms with Crippen LogP contribution < -0.4 is 5.32 Å². The topological polar surface area (TPSA) is 73.2 Å². The first-order valence-electron chi connectivity index (χ1n) is 9.50. The highest BCUT2D eigenvalue weighted by Gasteiger charge is 2.39. The van der Waals surface area contributed by atoms with Crippen molar-refractivity contribution >= 4 is 44.1 Å². The lowest BCUT2D eigenvalue weighted by Gasteiger charge is -2.15. The molecular formula is C19H21BrF3N3O3S. The molecule has 0 saturated carbocycles. The van der Waals surface area contributed by atoms with Crippen LogP contribution >= 0.6 is 27.3 Å². The number of carbonyl (C=O) groups excluding carboxylic acids is 2. The van der Waals surface area contributed by atoms with Crippen LogP contribution in [-0.4, -0.2) is 28.3 Å². The molecule has 1 amide bonds. The van der Waals surface area contributed by atoms with Gasteiger partial charge in [-0.15, -0.1) is 11.3 Å². The van der Waals surface area contributed by atoms with Gasteiger partial charge in [-0.1, -0.05) is 0 Å². The smallest absolute Gasteiger partial charge is 0.436 e. The molecule has 6 nitrogen and oxygen atoms in total. The number of hydrogen-bond acceptors (Lipinski definition) is 5. The van der Waals surface area contributed by atoms with E-state index in [4.69, 9.17) is 4.74 Å². The number of nitrogens with one attached hydrogen (secondary N) is 1.